The lowest BCUT2D eigenvalue weighted by molar-refractivity contribution is -0.137. The van der Waals surface area contributed by atoms with Crippen molar-refractivity contribution >= 4 is 23.6 Å². The minimum Gasteiger partial charge on any atom is -0.370 e. The third-order valence-electron chi connectivity index (χ3n) is 3.38. The summed E-state index contributed by atoms with van der Waals surface area (Å²) < 4.78 is 0. The molecule has 7 nitrogen and oxygen atoms in total. The molecule has 1 unspecified atom stereocenters. The van der Waals surface area contributed by atoms with Crippen molar-refractivity contribution in [3.8, 4) is 0 Å². The Balaban J connectivity index is 2.04. The maximum atomic E-state index is 11.6. The van der Waals surface area contributed by atoms with Crippen molar-refractivity contribution in [3.05, 3.63) is 12.2 Å². The number of nitrogens with zero attached hydrogens (tertiary/aromatic N) is 1. The molecule has 0 aromatic heterocycles. The summed E-state index contributed by atoms with van der Waals surface area (Å²) in [6, 6.07) is 0. The van der Waals surface area contributed by atoms with Crippen molar-refractivity contribution in [2.45, 2.75) is 39.0 Å². The highest BCUT2D eigenvalue weighted by Gasteiger charge is 2.22. The van der Waals surface area contributed by atoms with Crippen molar-refractivity contribution in [3.63, 3.8) is 0 Å². The molecule has 1 atom stereocenters. The summed E-state index contributed by atoms with van der Waals surface area (Å²) in [6.45, 7) is 2.68. The molecular formula is C15H23N3O4. The Morgan fingerprint density at radius 3 is 2.41 bits per heavy atom. The van der Waals surface area contributed by atoms with Crippen LogP contribution in [0.1, 0.15) is 39.0 Å². The van der Waals surface area contributed by atoms with E-state index in [0.29, 0.717) is 32.4 Å². The van der Waals surface area contributed by atoms with E-state index in [0.717, 1.165) is 6.42 Å². The third kappa shape index (κ3) is 6.51. The van der Waals surface area contributed by atoms with Crippen LogP contribution in [0.2, 0.25) is 0 Å². The van der Waals surface area contributed by atoms with Gasteiger partial charge < -0.3 is 11.1 Å². The Morgan fingerprint density at radius 1 is 1.18 bits per heavy atom. The van der Waals surface area contributed by atoms with Crippen LogP contribution in [0.15, 0.2) is 12.2 Å². The van der Waals surface area contributed by atoms with E-state index < -0.39 is 0 Å². The first-order valence-corrected chi connectivity index (χ1v) is 7.48. The van der Waals surface area contributed by atoms with Crippen LogP contribution in [0.25, 0.3) is 0 Å². The molecule has 0 spiro atoms. The number of carbonyl (C=O) groups is 4. The first-order valence-electron chi connectivity index (χ1n) is 7.48. The van der Waals surface area contributed by atoms with Gasteiger partial charge in [0.2, 0.25) is 11.8 Å². The number of carbonyl (C=O) groups excluding carboxylic acids is 4. The SMILES string of the molecule is CC(CNC(=O)CCCCCN1C(=O)C=CC1=O)CC(N)=O. The van der Waals surface area contributed by atoms with Crippen LogP contribution in [0.3, 0.4) is 0 Å². The van der Waals surface area contributed by atoms with Gasteiger partial charge in [0.25, 0.3) is 11.8 Å². The average Bonchev–Trinajstić information content (AvgIpc) is 2.75. The van der Waals surface area contributed by atoms with Gasteiger partial charge in [-0.1, -0.05) is 13.3 Å². The molecule has 0 aromatic carbocycles. The topological polar surface area (TPSA) is 110 Å². The lowest BCUT2D eigenvalue weighted by atomic mass is 10.1. The Hall–Kier alpha value is -2.18. The highest BCUT2D eigenvalue weighted by Crippen LogP contribution is 2.07. The second-order valence-electron chi connectivity index (χ2n) is 5.55. The second-order valence-corrected chi connectivity index (χ2v) is 5.55. The molecule has 7 heteroatoms. The second kappa shape index (κ2) is 8.96. The lowest BCUT2D eigenvalue weighted by Crippen LogP contribution is -2.31. The normalized spacial score (nSPS) is 15.2. The monoisotopic (exact) mass is 309 g/mol. The fourth-order valence-electron chi connectivity index (χ4n) is 2.18. The molecule has 0 bridgehead atoms. The predicted octanol–water partition coefficient (Wildman–Crippen LogP) is 0.0995. The van der Waals surface area contributed by atoms with Gasteiger partial charge in [-0.05, 0) is 18.8 Å². The molecule has 122 valence electrons. The first kappa shape index (κ1) is 17.9. The van der Waals surface area contributed by atoms with Gasteiger partial charge in [0, 0.05) is 38.1 Å². The van der Waals surface area contributed by atoms with Crippen molar-refractivity contribution in [1.82, 2.24) is 10.2 Å². The van der Waals surface area contributed by atoms with E-state index in [4.69, 9.17) is 5.73 Å². The van der Waals surface area contributed by atoms with Crippen molar-refractivity contribution < 1.29 is 19.2 Å². The largest absolute Gasteiger partial charge is 0.370 e. The molecule has 1 aliphatic rings. The Morgan fingerprint density at radius 2 is 1.82 bits per heavy atom. The van der Waals surface area contributed by atoms with E-state index in [9.17, 15) is 19.2 Å². The van der Waals surface area contributed by atoms with Gasteiger partial charge >= 0.3 is 0 Å². The van der Waals surface area contributed by atoms with Gasteiger partial charge in [-0.2, -0.15) is 0 Å². The zero-order valence-corrected chi connectivity index (χ0v) is 12.8. The Labute approximate surface area is 129 Å². The molecule has 4 amide bonds. The van der Waals surface area contributed by atoms with Gasteiger partial charge in [-0.15, -0.1) is 0 Å². The van der Waals surface area contributed by atoms with Gasteiger partial charge in [0.1, 0.15) is 0 Å². The summed E-state index contributed by atoms with van der Waals surface area (Å²) >= 11 is 0. The van der Waals surface area contributed by atoms with E-state index >= 15 is 0 Å². The molecular weight excluding hydrogens is 286 g/mol. The number of rotatable bonds is 10. The van der Waals surface area contributed by atoms with Crippen LogP contribution < -0.4 is 11.1 Å². The maximum absolute atomic E-state index is 11.6. The molecule has 0 saturated heterocycles. The lowest BCUT2D eigenvalue weighted by Gasteiger charge is -2.13. The van der Waals surface area contributed by atoms with Crippen LogP contribution in [0, 0.1) is 5.92 Å². The van der Waals surface area contributed by atoms with Crippen LogP contribution in [0.5, 0.6) is 0 Å². The van der Waals surface area contributed by atoms with E-state index in [-0.39, 0.29) is 36.0 Å². The quantitative estimate of drug-likeness (QED) is 0.440. The van der Waals surface area contributed by atoms with E-state index in [2.05, 4.69) is 5.32 Å². The summed E-state index contributed by atoms with van der Waals surface area (Å²) in [5.41, 5.74) is 5.08. The summed E-state index contributed by atoms with van der Waals surface area (Å²) in [5, 5.41) is 2.76. The molecule has 22 heavy (non-hydrogen) atoms. The maximum Gasteiger partial charge on any atom is 0.253 e. The summed E-state index contributed by atoms with van der Waals surface area (Å²) in [6.07, 6.45) is 5.33. The molecule has 1 heterocycles. The average molecular weight is 309 g/mol. The number of amides is 4. The van der Waals surface area contributed by atoms with Crippen LogP contribution in [-0.2, 0) is 19.2 Å². The summed E-state index contributed by atoms with van der Waals surface area (Å²) in [5.74, 6) is -0.952. The van der Waals surface area contributed by atoms with Crippen LogP contribution in [0.4, 0.5) is 0 Å². The molecule has 0 fully saturated rings. The zero-order chi connectivity index (χ0) is 16.5. The van der Waals surface area contributed by atoms with E-state index in [1.54, 1.807) is 0 Å². The summed E-state index contributed by atoms with van der Waals surface area (Å²) in [7, 11) is 0. The highest BCUT2D eigenvalue weighted by molar-refractivity contribution is 6.12. The molecule has 0 radical (unpaired) electrons. The molecule has 0 saturated carbocycles. The number of hydrogen-bond donors (Lipinski definition) is 2. The fraction of sp³-hybridized carbons (Fsp3) is 0.600. The zero-order valence-electron chi connectivity index (χ0n) is 12.8. The van der Waals surface area contributed by atoms with Gasteiger partial charge in [-0.25, -0.2) is 0 Å². The number of unbranched alkanes of at least 4 members (excludes halogenated alkanes) is 2. The standard InChI is InChI=1S/C15H23N3O4/c1-11(9-12(16)19)10-17-13(20)5-3-2-4-8-18-14(21)6-7-15(18)22/h6-7,11H,2-5,8-10H2,1H3,(H2,16,19)(H,17,20). The van der Waals surface area contributed by atoms with E-state index in [1.165, 1.54) is 17.1 Å². The van der Waals surface area contributed by atoms with Gasteiger partial charge in [0.15, 0.2) is 0 Å². The van der Waals surface area contributed by atoms with Gasteiger partial charge in [-0.3, -0.25) is 24.1 Å². The Kier molecular flexibility index (Phi) is 7.28. The highest BCUT2D eigenvalue weighted by atomic mass is 16.2. The predicted molar refractivity (Wildman–Crippen MR) is 80.3 cm³/mol. The smallest absolute Gasteiger partial charge is 0.253 e. The van der Waals surface area contributed by atoms with Crippen molar-refractivity contribution in [2.24, 2.45) is 11.7 Å². The summed E-state index contributed by atoms with van der Waals surface area (Å²) in [4.78, 5) is 46.1. The number of imide groups is 1. The number of nitrogens with two attached hydrogens (primary N) is 1. The first-order chi connectivity index (χ1) is 10.4. The Bertz CT molecular complexity index is 455. The van der Waals surface area contributed by atoms with Crippen LogP contribution in [-0.4, -0.2) is 41.6 Å². The minimum absolute atomic E-state index is 0.0288. The molecule has 1 rings (SSSR count). The van der Waals surface area contributed by atoms with Gasteiger partial charge in [0.05, 0.1) is 0 Å². The molecule has 0 aliphatic carbocycles. The molecule has 0 aromatic rings. The number of primary amides is 1. The third-order valence-corrected chi connectivity index (χ3v) is 3.38. The minimum atomic E-state index is -0.373. The molecule has 3 N–H and O–H groups in total. The fourth-order valence-corrected chi connectivity index (χ4v) is 2.18. The van der Waals surface area contributed by atoms with Crippen molar-refractivity contribution in [2.75, 3.05) is 13.1 Å². The van der Waals surface area contributed by atoms with E-state index in [1.807, 2.05) is 6.92 Å². The molecule has 1 aliphatic heterocycles. The number of nitrogens with one attached hydrogen (secondary N) is 1. The van der Waals surface area contributed by atoms with Crippen molar-refractivity contribution in [1.29, 1.82) is 0 Å². The van der Waals surface area contributed by atoms with Crippen LogP contribution >= 0.6 is 0 Å². The number of hydrogen-bond acceptors (Lipinski definition) is 4.